The third-order valence-electron chi connectivity index (χ3n) is 1.72. The molecule has 0 unspecified atom stereocenters. The smallest absolute Gasteiger partial charge is 0.132 e. The molecule has 0 aliphatic heterocycles. The SMILES string of the molecule is Fc1ccc(Br)cc1-c1ccn[nH]1. The molecule has 0 aliphatic rings. The Balaban J connectivity index is 2.57. The van der Waals surface area contributed by atoms with Crippen LogP contribution in [0.5, 0.6) is 0 Å². The van der Waals surface area contributed by atoms with Gasteiger partial charge in [0.15, 0.2) is 0 Å². The number of aromatic nitrogens is 2. The van der Waals surface area contributed by atoms with Gasteiger partial charge in [-0.15, -0.1) is 0 Å². The lowest BCUT2D eigenvalue weighted by atomic mass is 10.1. The van der Waals surface area contributed by atoms with Crippen molar-refractivity contribution < 1.29 is 4.39 Å². The van der Waals surface area contributed by atoms with Gasteiger partial charge in [-0.25, -0.2) is 4.39 Å². The molecular formula is C9H6BrFN2. The van der Waals surface area contributed by atoms with Crippen LogP contribution in [0.4, 0.5) is 4.39 Å². The first-order valence-corrected chi connectivity index (χ1v) is 4.51. The summed E-state index contributed by atoms with van der Waals surface area (Å²) in [6, 6.07) is 6.52. The Hall–Kier alpha value is -1.16. The number of nitrogens with zero attached hydrogens (tertiary/aromatic N) is 1. The summed E-state index contributed by atoms with van der Waals surface area (Å²) in [4.78, 5) is 0. The summed E-state index contributed by atoms with van der Waals surface area (Å²) in [5.41, 5.74) is 1.20. The number of H-pyrrole nitrogens is 1. The van der Waals surface area contributed by atoms with E-state index in [1.807, 2.05) is 0 Å². The molecule has 1 aromatic heterocycles. The van der Waals surface area contributed by atoms with Crippen LogP contribution in [0.2, 0.25) is 0 Å². The molecule has 0 atom stereocenters. The highest BCUT2D eigenvalue weighted by atomic mass is 79.9. The van der Waals surface area contributed by atoms with Crippen LogP contribution in [0.15, 0.2) is 34.9 Å². The molecule has 2 nitrogen and oxygen atoms in total. The van der Waals surface area contributed by atoms with E-state index >= 15 is 0 Å². The maximum absolute atomic E-state index is 13.3. The highest BCUT2D eigenvalue weighted by Crippen LogP contribution is 2.23. The summed E-state index contributed by atoms with van der Waals surface area (Å²) < 4.78 is 14.1. The zero-order valence-electron chi connectivity index (χ0n) is 6.59. The molecule has 0 saturated carbocycles. The number of aromatic amines is 1. The lowest BCUT2D eigenvalue weighted by Gasteiger charge is -1.99. The molecule has 2 aromatic rings. The van der Waals surface area contributed by atoms with Crippen molar-refractivity contribution in [2.24, 2.45) is 0 Å². The molecule has 1 heterocycles. The Bertz CT molecular complexity index is 412. The summed E-state index contributed by atoms with van der Waals surface area (Å²) in [6.45, 7) is 0. The molecule has 4 heteroatoms. The molecule has 66 valence electrons. The van der Waals surface area contributed by atoms with Gasteiger partial charge in [0.05, 0.1) is 5.69 Å². The molecule has 0 spiro atoms. The molecule has 2 rings (SSSR count). The van der Waals surface area contributed by atoms with E-state index in [0.29, 0.717) is 11.3 Å². The molecule has 0 aliphatic carbocycles. The fourth-order valence-corrected chi connectivity index (χ4v) is 1.47. The van der Waals surface area contributed by atoms with Crippen LogP contribution in [-0.4, -0.2) is 10.2 Å². The normalized spacial score (nSPS) is 10.3. The first-order chi connectivity index (χ1) is 6.27. The average molecular weight is 241 g/mol. The fourth-order valence-electron chi connectivity index (χ4n) is 1.11. The van der Waals surface area contributed by atoms with Gasteiger partial charge in [-0.05, 0) is 24.3 Å². The van der Waals surface area contributed by atoms with Crippen LogP contribution in [0.3, 0.4) is 0 Å². The monoisotopic (exact) mass is 240 g/mol. The molecule has 13 heavy (non-hydrogen) atoms. The summed E-state index contributed by atoms with van der Waals surface area (Å²) in [5, 5.41) is 6.47. The molecule has 1 N–H and O–H groups in total. The fraction of sp³-hybridized carbons (Fsp3) is 0. The largest absolute Gasteiger partial charge is 0.278 e. The van der Waals surface area contributed by atoms with Gasteiger partial charge in [-0.3, -0.25) is 5.10 Å². The first kappa shape index (κ1) is 8.44. The second-order valence-electron chi connectivity index (χ2n) is 2.59. The number of benzene rings is 1. The van der Waals surface area contributed by atoms with Crippen molar-refractivity contribution in [1.29, 1.82) is 0 Å². The maximum atomic E-state index is 13.3. The molecule has 1 aromatic carbocycles. The second-order valence-corrected chi connectivity index (χ2v) is 3.51. The molecule has 0 bridgehead atoms. The zero-order chi connectivity index (χ0) is 9.26. The van der Waals surface area contributed by atoms with E-state index in [0.717, 1.165) is 4.47 Å². The van der Waals surface area contributed by atoms with E-state index in [1.165, 1.54) is 6.07 Å². The minimum atomic E-state index is -0.257. The van der Waals surface area contributed by atoms with Crippen LogP contribution in [0.25, 0.3) is 11.3 Å². The van der Waals surface area contributed by atoms with Crippen LogP contribution in [0, 0.1) is 5.82 Å². The minimum absolute atomic E-state index is 0.257. The first-order valence-electron chi connectivity index (χ1n) is 3.72. The third-order valence-corrected chi connectivity index (χ3v) is 2.21. The van der Waals surface area contributed by atoms with E-state index in [-0.39, 0.29) is 5.82 Å². The average Bonchev–Trinajstić information content (AvgIpc) is 2.61. The Morgan fingerprint density at radius 2 is 2.15 bits per heavy atom. The molecule has 0 amide bonds. The predicted molar refractivity (Wildman–Crippen MR) is 51.7 cm³/mol. The van der Waals surface area contributed by atoms with E-state index in [2.05, 4.69) is 26.1 Å². The zero-order valence-corrected chi connectivity index (χ0v) is 8.18. The summed E-state index contributed by atoms with van der Waals surface area (Å²) in [6.07, 6.45) is 1.59. The Labute approximate surface area is 82.9 Å². The van der Waals surface area contributed by atoms with Gasteiger partial charge in [0.1, 0.15) is 5.82 Å². The third kappa shape index (κ3) is 1.62. The van der Waals surface area contributed by atoms with Gasteiger partial charge in [0.2, 0.25) is 0 Å². The molecular weight excluding hydrogens is 235 g/mol. The second kappa shape index (κ2) is 3.30. The van der Waals surface area contributed by atoms with E-state index in [1.54, 1.807) is 24.4 Å². The van der Waals surface area contributed by atoms with Gasteiger partial charge in [0.25, 0.3) is 0 Å². The predicted octanol–water partition coefficient (Wildman–Crippen LogP) is 2.98. The maximum Gasteiger partial charge on any atom is 0.132 e. The van der Waals surface area contributed by atoms with Crippen molar-refractivity contribution in [2.75, 3.05) is 0 Å². The van der Waals surface area contributed by atoms with E-state index in [9.17, 15) is 4.39 Å². The van der Waals surface area contributed by atoms with Gasteiger partial charge in [-0.2, -0.15) is 5.10 Å². The number of rotatable bonds is 1. The van der Waals surface area contributed by atoms with E-state index < -0.39 is 0 Å². The lowest BCUT2D eigenvalue weighted by Crippen LogP contribution is -1.84. The number of hydrogen-bond acceptors (Lipinski definition) is 1. The topological polar surface area (TPSA) is 28.7 Å². The Kier molecular flexibility index (Phi) is 2.14. The van der Waals surface area contributed by atoms with Gasteiger partial charge in [-0.1, -0.05) is 15.9 Å². The van der Waals surface area contributed by atoms with Crippen molar-refractivity contribution in [3.05, 3.63) is 40.8 Å². The van der Waals surface area contributed by atoms with Gasteiger partial charge < -0.3 is 0 Å². The van der Waals surface area contributed by atoms with Crippen LogP contribution >= 0.6 is 15.9 Å². The van der Waals surface area contributed by atoms with Crippen LogP contribution in [0.1, 0.15) is 0 Å². The Morgan fingerprint density at radius 1 is 1.31 bits per heavy atom. The summed E-state index contributed by atoms with van der Waals surface area (Å²) in [5.74, 6) is -0.257. The van der Waals surface area contributed by atoms with Gasteiger partial charge >= 0.3 is 0 Å². The van der Waals surface area contributed by atoms with E-state index in [4.69, 9.17) is 0 Å². The summed E-state index contributed by atoms with van der Waals surface area (Å²) >= 11 is 3.28. The van der Waals surface area contributed by atoms with Crippen LogP contribution in [-0.2, 0) is 0 Å². The highest BCUT2D eigenvalue weighted by Gasteiger charge is 2.05. The quantitative estimate of drug-likeness (QED) is 0.816. The standard InChI is InChI=1S/C9H6BrFN2/c10-6-1-2-8(11)7(5-6)9-3-4-12-13-9/h1-5H,(H,12,13). The van der Waals surface area contributed by atoms with Crippen molar-refractivity contribution in [1.82, 2.24) is 10.2 Å². The van der Waals surface area contributed by atoms with Crippen molar-refractivity contribution in [3.63, 3.8) is 0 Å². The minimum Gasteiger partial charge on any atom is -0.278 e. The van der Waals surface area contributed by atoms with Crippen LogP contribution < -0.4 is 0 Å². The summed E-state index contributed by atoms with van der Waals surface area (Å²) in [7, 11) is 0. The number of nitrogens with one attached hydrogen (secondary N) is 1. The Morgan fingerprint density at radius 3 is 2.85 bits per heavy atom. The number of hydrogen-bond donors (Lipinski definition) is 1. The molecule has 0 radical (unpaired) electrons. The van der Waals surface area contributed by atoms with Gasteiger partial charge in [0, 0.05) is 16.2 Å². The van der Waals surface area contributed by atoms with Crippen molar-refractivity contribution in [2.45, 2.75) is 0 Å². The van der Waals surface area contributed by atoms with Crippen molar-refractivity contribution >= 4 is 15.9 Å². The lowest BCUT2D eigenvalue weighted by molar-refractivity contribution is 0.630. The molecule has 0 fully saturated rings. The van der Waals surface area contributed by atoms with Crippen molar-refractivity contribution in [3.8, 4) is 11.3 Å². The number of halogens is 2. The molecule has 0 saturated heterocycles. The highest BCUT2D eigenvalue weighted by molar-refractivity contribution is 9.10.